The second-order valence-corrected chi connectivity index (χ2v) is 8.78. The number of fused-ring (bicyclic) bond motifs is 1. The molecule has 0 radical (unpaired) electrons. The highest BCUT2D eigenvalue weighted by molar-refractivity contribution is 7.89. The molecule has 9 heteroatoms. The Balaban J connectivity index is 1.72. The molecule has 0 spiro atoms. The number of hydrogen-bond donors (Lipinski definition) is 2. The Labute approximate surface area is 171 Å². The van der Waals surface area contributed by atoms with Crippen molar-refractivity contribution in [2.24, 2.45) is 4.99 Å². The number of guanidine groups is 1. The summed E-state index contributed by atoms with van der Waals surface area (Å²) in [5.74, 6) is 1.92. The van der Waals surface area contributed by atoms with Crippen LogP contribution in [0.4, 0.5) is 5.69 Å². The van der Waals surface area contributed by atoms with Gasteiger partial charge in [0.15, 0.2) is 17.5 Å². The molecule has 0 aliphatic carbocycles. The van der Waals surface area contributed by atoms with Crippen LogP contribution in [-0.4, -0.2) is 53.0 Å². The average molecular weight is 419 g/mol. The zero-order valence-electron chi connectivity index (χ0n) is 16.8. The average Bonchev–Trinajstić information content (AvgIpc) is 2.96. The fraction of sp³-hybridized carbons (Fsp3) is 0.350. The number of nitrogens with zero attached hydrogens (tertiary/aromatic N) is 2. The Morgan fingerprint density at radius 2 is 1.83 bits per heavy atom. The quantitative estimate of drug-likeness (QED) is 0.572. The highest BCUT2D eigenvalue weighted by Gasteiger charge is 2.20. The van der Waals surface area contributed by atoms with E-state index in [1.165, 1.54) is 18.4 Å². The second kappa shape index (κ2) is 9.15. The molecule has 1 aliphatic rings. The Bertz CT molecular complexity index is 990. The molecule has 0 fully saturated rings. The normalized spacial score (nSPS) is 14.4. The van der Waals surface area contributed by atoms with Crippen LogP contribution in [0.2, 0.25) is 0 Å². The van der Waals surface area contributed by atoms with Gasteiger partial charge in [-0.15, -0.1) is 0 Å². The van der Waals surface area contributed by atoms with Gasteiger partial charge in [-0.25, -0.2) is 12.7 Å². The van der Waals surface area contributed by atoms with Gasteiger partial charge in [0.2, 0.25) is 10.0 Å². The van der Waals surface area contributed by atoms with Crippen LogP contribution in [-0.2, 0) is 16.6 Å². The van der Waals surface area contributed by atoms with E-state index in [2.05, 4.69) is 15.6 Å². The SMILES string of the molecule is CN=C(NCc1ccccc1S(=O)(=O)N(C)C)Nc1ccc2c(c1)OCCCO2. The maximum atomic E-state index is 12.5. The summed E-state index contributed by atoms with van der Waals surface area (Å²) in [6, 6.07) is 12.5. The Morgan fingerprint density at radius 3 is 2.55 bits per heavy atom. The second-order valence-electron chi connectivity index (χ2n) is 6.66. The van der Waals surface area contributed by atoms with Gasteiger partial charge < -0.3 is 20.1 Å². The molecule has 2 aromatic carbocycles. The largest absolute Gasteiger partial charge is 0.490 e. The highest BCUT2D eigenvalue weighted by Crippen LogP contribution is 2.32. The van der Waals surface area contributed by atoms with E-state index in [4.69, 9.17) is 9.47 Å². The minimum absolute atomic E-state index is 0.267. The number of sulfonamides is 1. The molecule has 8 nitrogen and oxygen atoms in total. The lowest BCUT2D eigenvalue weighted by molar-refractivity contribution is 0.297. The molecule has 0 saturated carbocycles. The molecule has 0 saturated heterocycles. The summed E-state index contributed by atoms with van der Waals surface area (Å²) in [4.78, 5) is 4.49. The zero-order valence-corrected chi connectivity index (χ0v) is 17.6. The smallest absolute Gasteiger partial charge is 0.242 e. The monoisotopic (exact) mass is 418 g/mol. The number of hydrogen-bond acceptors (Lipinski definition) is 5. The van der Waals surface area contributed by atoms with E-state index in [0.29, 0.717) is 37.0 Å². The first kappa shape index (κ1) is 20.9. The van der Waals surface area contributed by atoms with E-state index in [9.17, 15) is 8.42 Å². The van der Waals surface area contributed by atoms with Crippen LogP contribution in [0.5, 0.6) is 11.5 Å². The molecular formula is C20H26N4O4S. The van der Waals surface area contributed by atoms with E-state index < -0.39 is 10.0 Å². The van der Waals surface area contributed by atoms with Gasteiger partial charge in [0, 0.05) is 45.9 Å². The number of anilines is 1. The first-order valence-corrected chi connectivity index (χ1v) is 10.7. The molecule has 2 aromatic rings. The molecule has 0 unspecified atom stereocenters. The number of benzene rings is 2. The van der Waals surface area contributed by atoms with Crippen molar-refractivity contribution in [2.75, 3.05) is 39.7 Å². The predicted molar refractivity (Wildman–Crippen MR) is 113 cm³/mol. The third-order valence-electron chi connectivity index (χ3n) is 4.41. The van der Waals surface area contributed by atoms with Gasteiger partial charge in [-0.2, -0.15) is 0 Å². The van der Waals surface area contributed by atoms with Crippen LogP contribution >= 0.6 is 0 Å². The third kappa shape index (κ3) is 4.99. The summed E-state index contributed by atoms with van der Waals surface area (Å²) >= 11 is 0. The van der Waals surface area contributed by atoms with Crippen LogP contribution in [0.25, 0.3) is 0 Å². The summed E-state index contributed by atoms with van der Waals surface area (Å²) in [6.07, 6.45) is 0.843. The van der Waals surface area contributed by atoms with E-state index in [1.807, 2.05) is 24.3 Å². The highest BCUT2D eigenvalue weighted by atomic mass is 32.2. The van der Waals surface area contributed by atoms with Crippen LogP contribution < -0.4 is 20.1 Å². The lowest BCUT2D eigenvalue weighted by Crippen LogP contribution is -2.31. The van der Waals surface area contributed by atoms with Gasteiger partial charge in [0.05, 0.1) is 18.1 Å². The van der Waals surface area contributed by atoms with Crippen molar-refractivity contribution in [3.63, 3.8) is 0 Å². The summed E-state index contributed by atoms with van der Waals surface area (Å²) in [6.45, 7) is 1.55. The van der Waals surface area contributed by atoms with Gasteiger partial charge in [-0.1, -0.05) is 18.2 Å². The van der Waals surface area contributed by atoms with E-state index in [0.717, 1.165) is 17.9 Å². The molecule has 1 heterocycles. The van der Waals surface area contributed by atoms with Gasteiger partial charge in [0.25, 0.3) is 0 Å². The first-order valence-electron chi connectivity index (χ1n) is 9.29. The zero-order chi connectivity index (χ0) is 20.9. The first-order chi connectivity index (χ1) is 13.9. The van der Waals surface area contributed by atoms with Gasteiger partial charge in [-0.3, -0.25) is 4.99 Å². The van der Waals surface area contributed by atoms with Gasteiger partial charge in [0.1, 0.15) is 0 Å². The number of nitrogens with one attached hydrogen (secondary N) is 2. The third-order valence-corrected chi connectivity index (χ3v) is 6.33. The molecule has 0 aromatic heterocycles. The lowest BCUT2D eigenvalue weighted by atomic mass is 10.2. The fourth-order valence-corrected chi connectivity index (χ4v) is 3.95. The minimum Gasteiger partial charge on any atom is -0.490 e. The summed E-state index contributed by atoms with van der Waals surface area (Å²) in [5.41, 5.74) is 1.44. The predicted octanol–water partition coefficient (Wildman–Crippen LogP) is 2.29. The van der Waals surface area contributed by atoms with E-state index in [-0.39, 0.29) is 4.90 Å². The minimum atomic E-state index is -3.53. The van der Waals surface area contributed by atoms with Crippen molar-refractivity contribution in [1.82, 2.24) is 9.62 Å². The number of aliphatic imine (C=N–C) groups is 1. The molecule has 2 N–H and O–H groups in total. The maximum absolute atomic E-state index is 12.5. The summed E-state index contributed by atoms with van der Waals surface area (Å²) in [5, 5.41) is 6.36. The van der Waals surface area contributed by atoms with Gasteiger partial charge >= 0.3 is 0 Å². The summed E-state index contributed by atoms with van der Waals surface area (Å²) in [7, 11) is 1.16. The molecular weight excluding hydrogens is 392 g/mol. The Morgan fingerprint density at radius 1 is 1.10 bits per heavy atom. The van der Waals surface area contributed by atoms with Crippen molar-refractivity contribution < 1.29 is 17.9 Å². The molecule has 0 amide bonds. The van der Waals surface area contributed by atoms with Crippen LogP contribution in [0.1, 0.15) is 12.0 Å². The van der Waals surface area contributed by atoms with Crippen LogP contribution in [0.15, 0.2) is 52.4 Å². The topological polar surface area (TPSA) is 92.3 Å². The Hall–Kier alpha value is -2.78. The Kier molecular flexibility index (Phi) is 6.60. The standard InChI is InChI=1S/C20H26N4O4S/c1-21-20(23-16-9-10-17-18(13-16)28-12-6-11-27-17)22-14-15-7-4-5-8-19(15)29(25,26)24(2)3/h4-5,7-10,13H,6,11-12,14H2,1-3H3,(H2,21,22,23). The van der Waals surface area contributed by atoms with E-state index in [1.54, 1.807) is 25.2 Å². The number of ether oxygens (including phenoxy) is 2. The van der Waals surface area contributed by atoms with Gasteiger partial charge in [-0.05, 0) is 23.8 Å². The van der Waals surface area contributed by atoms with Crippen LogP contribution in [0.3, 0.4) is 0 Å². The van der Waals surface area contributed by atoms with Crippen molar-refractivity contribution >= 4 is 21.7 Å². The van der Waals surface area contributed by atoms with Crippen molar-refractivity contribution in [1.29, 1.82) is 0 Å². The summed E-state index contributed by atoms with van der Waals surface area (Å²) < 4.78 is 37.7. The molecule has 156 valence electrons. The lowest BCUT2D eigenvalue weighted by Gasteiger charge is -2.17. The van der Waals surface area contributed by atoms with Crippen molar-refractivity contribution in [3.8, 4) is 11.5 Å². The molecule has 29 heavy (non-hydrogen) atoms. The number of rotatable bonds is 5. The van der Waals surface area contributed by atoms with Crippen molar-refractivity contribution in [2.45, 2.75) is 17.9 Å². The molecule has 0 atom stereocenters. The van der Waals surface area contributed by atoms with Crippen molar-refractivity contribution in [3.05, 3.63) is 48.0 Å². The maximum Gasteiger partial charge on any atom is 0.242 e. The fourth-order valence-electron chi connectivity index (χ4n) is 2.83. The van der Waals surface area contributed by atoms with E-state index >= 15 is 0 Å². The molecule has 0 bridgehead atoms. The molecule has 3 rings (SSSR count). The van der Waals surface area contributed by atoms with Crippen LogP contribution in [0, 0.1) is 0 Å². The molecule has 1 aliphatic heterocycles.